The summed E-state index contributed by atoms with van der Waals surface area (Å²) in [6, 6.07) is 11.9. The molecule has 0 fully saturated rings. The van der Waals surface area contributed by atoms with Crippen LogP contribution in [0.2, 0.25) is 0 Å². The van der Waals surface area contributed by atoms with Crippen molar-refractivity contribution < 1.29 is 0 Å². The molecule has 3 nitrogen and oxygen atoms in total. The second-order valence-electron chi connectivity index (χ2n) is 3.99. The molecule has 2 heterocycles. The van der Waals surface area contributed by atoms with E-state index in [1.54, 1.807) is 10.9 Å². The van der Waals surface area contributed by atoms with Crippen molar-refractivity contribution in [2.75, 3.05) is 0 Å². The Labute approximate surface area is 127 Å². The van der Waals surface area contributed by atoms with Gasteiger partial charge in [0.25, 0.3) is 0 Å². The van der Waals surface area contributed by atoms with E-state index in [4.69, 9.17) is 0 Å². The Morgan fingerprint density at radius 1 is 0.947 bits per heavy atom. The van der Waals surface area contributed by atoms with Gasteiger partial charge in [-0.1, -0.05) is 34.1 Å². The summed E-state index contributed by atoms with van der Waals surface area (Å²) in [6.45, 7) is 0. The lowest BCUT2D eigenvalue weighted by Gasteiger charge is -2.01. The first-order valence-electron chi connectivity index (χ1n) is 5.65. The predicted molar refractivity (Wildman–Crippen MR) is 82.2 cm³/mol. The third-order valence-electron chi connectivity index (χ3n) is 2.71. The molecule has 3 rings (SSSR count). The standard InChI is InChI=1S/C14H9Br2N3/c15-11-5-6-14(17-8-11)19-9-10(7-18-19)12-3-1-2-4-13(12)16/h1-9H. The topological polar surface area (TPSA) is 30.7 Å². The number of halogens is 2. The molecule has 0 bridgehead atoms. The molecule has 0 N–H and O–H groups in total. The van der Waals surface area contributed by atoms with E-state index in [2.05, 4.69) is 48.0 Å². The number of hydrogen-bond acceptors (Lipinski definition) is 2. The lowest BCUT2D eigenvalue weighted by atomic mass is 10.1. The van der Waals surface area contributed by atoms with Crippen LogP contribution in [0.5, 0.6) is 0 Å². The van der Waals surface area contributed by atoms with E-state index in [0.717, 1.165) is 25.9 Å². The summed E-state index contributed by atoms with van der Waals surface area (Å²) in [7, 11) is 0. The summed E-state index contributed by atoms with van der Waals surface area (Å²) in [5, 5.41) is 4.35. The molecule has 0 aliphatic rings. The molecule has 2 aromatic heterocycles. The summed E-state index contributed by atoms with van der Waals surface area (Å²) in [5.41, 5.74) is 2.17. The van der Waals surface area contributed by atoms with Gasteiger partial charge in [-0.15, -0.1) is 0 Å². The Morgan fingerprint density at radius 2 is 1.79 bits per heavy atom. The van der Waals surface area contributed by atoms with E-state index in [1.165, 1.54) is 0 Å². The zero-order valence-electron chi connectivity index (χ0n) is 9.79. The van der Waals surface area contributed by atoms with Gasteiger partial charge in [0, 0.05) is 26.9 Å². The average molecular weight is 379 g/mol. The molecule has 19 heavy (non-hydrogen) atoms. The zero-order valence-corrected chi connectivity index (χ0v) is 13.0. The molecular formula is C14H9Br2N3. The zero-order chi connectivity index (χ0) is 13.2. The molecule has 94 valence electrons. The van der Waals surface area contributed by atoms with Gasteiger partial charge in [-0.2, -0.15) is 5.10 Å². The molecule has 3 aromatic rings. The molecule has 0 saturated heterocycles. The smallest absolute Gasteiger partial charge is 0.153 e. The Kier molecular flexibility index (Phi) is 3.48. The number of pyridine rings is 1. The van der Waals surface area contributed by atoms with Crippen LogP contribution < -0.4 is 0 Å². The lowest BCUT2D eigenvalue weighted by Crippen LogP contribution is -1.96. The van der Waals surface area contributed by atoms with E-state index < -0.39 is 0 Å². The van der Waals surface area contributed by atoms with Crippen molar-refractivity contribution in [3.63, 3.8) is 0 Å². The molecule has 0 radical (unpaired) electrons. The van der Waals surface area contributed by atoms with Crippen molar-refractivity contribution >= 4 is 31.9 Å². The van der Waals surface area contributed by atoms with Crippen LogP contribution in [0.1, 0.15) is 0 Å². The molecule has 0 unspecified atom stereocenters. The summed E-state index contributed by atoms with van der Waals surface area (Å²) in [6.07, 6.45) is 5.56. The molecule has 0 aliphatic carbocycles. The maximum absolute atomic E-state index is 4.35. The van der Waals surface area contributed by atoms with Crippen molar-refractivity contribution in [1.82, 2.24) is 14.8 Å². The fraction of sp³-hybridized carbons (Fsp3) is 0. The van der Waals surface area contributed by atoms with Crippen LogP contribution in [0, 0.1) is 0 Å². The van der Waals surface area contributed by atoms with Gasteiger partial charge in [-0.25, -0.2) is 9.67 Å². The highest BCUT2D eigenvalue weighted by atomic mass is 79.9. The maximum Gasteiger partial charge on any atom is 0.153 e. The van der Waals surface area contributed by atoms with Crippen molar-refractivity contribution in [2.24, 2.45) is 0 Å². The Balaban J connectivity index is 2.00. The number of rotatable bonds is 2. The number of hydrogen-bond donors (Lipinski definition) is 0. The van der Waals surface area contributed by atoms with Crippen LogP contribution in [0.15, 0.2) is 63.9 Å². The van der Waals surface area contributed by atoms with Gasteiger partial charge in [0.05, 0.1) is 6.20 Å². The lowest BCUT2D eigenvalue weighted by molar-refractivity contribution is 0.846. The first-order chi connectivity index (χ1) is 9.24. The van der Waals surface area contributed by atoms with Crippen molar-refractivity contribution in [1.29, 1.82) is 0 Å². The fourth-order valence-electron chi connectivity index (χ4n) is 1.79. The molecule has 1 aromatic carbocycles. The largest absolute Gasteiger partial charge is 0.236 e. The van der Waals surface area contributed by atoms with Crippen molar-refractivity contribution in [3.05, 3.63) is 63.9 Å². The minimum atomic E-state index is 0.793. The van der Waals surface area contributed by atoms with Crippen LogP contribution in [0.3, 0.4) is 0 Å². The van der Waals surface area contributed by atoms with E-state index in [0.29, 0.717) is 0 Å². The number of aromatic nitrogens is 3. The molecule has 0 aliphatic heterocycles. The Morgan fingerprint density at radius 3 is 2.53 bits per heavy atom. The maximum atomic E-state index is 4.35. The molecular weight excluding hydrogens is 370 g/mol. The average Bonchev–Trinajstić information content (AvgIpc) is 2.89. The summed E-state index contributed by atoms with van der Waals surface area (Å²) in [4.78, 5) is 4.32. The second-order valence-corrected chi connectivity index (χ2v) is 5.76. The molecule has 0 amide bonds. The van der Waals surface area contributed by atoms with Gasteiger partial charge < -0.3 is 0 Å². The van der Waals surface area contributed by atoms with Gasteiger partial charge >= 0.3 is 0 Å². The first kappa shape index (κ1) is 12.6. The first-order valence-corrected chi connectivity index (χ1v) is 7.24. The summed E-state index contributed by atoms with van der Waals surface area (Å²) in [5.74, 6) is 0.793. The highest BCUT2D eigenvalue weighted by molar-refractivity contribution is 9.10. The van der Waals surface area contributed by atoms with Crippen molar-refractivity contribution in [2.45, 2.75) is 0 Å². The van der Waals surface area contributed by atoms with E-state index in [-0.39, 0.29) is 0 Å². The SMILES string of the molecule is Brc1ccc(-n2cc(-c3ccccc3Br)cn2)nc1. The van der Waals surface area contributed by atoms with E-state index in [1.807, 2.05) is 42.7 Å². The van der Waals surface area contributed by atoms with Gasteiger partial charge in [0.1, 0.15) is 0 Å². The minimum Gasteiger partial charge on any atom is -0.236 e. The van der Waals surface area contributed by atoms with Gasteiger partial charge in [-0.3, -0.25) is 0 Å². The van der Waals surface area contributed by atoms with E-state index >= 15 is 0 Å². The molecule has 5 heteroatoms. The highest BCUT2D eigenvalue weighted by Gasteiger charge is 2.06. The third kappa shape index (κ3) is 2.62. The Hall–Kier alpha value is -1.46. The highest BCUT2D eigenvalue weighted by Crippen LogP contribution is 2.27. The molecule has 0 spiro atoms. The van der Waals surface area contributed by atoms with Gasteiger partial charge in [-0.05, 0) is 39.7 Å². The summed E-state index contributed by atoms with van der Waals surface area (Å²) >= 11 is 6.92. The number of nitrogens with zero attached hydrogens (tertiary/aromatic N) is 3. The normalized spacial score (nSPS) is 10.6. The van der Waals surface area contributed by atoms with Crippen LogP contribution in [0.4, 0.5) is 0 Å². The van der Waals surface area contributed by atoms with Crippen LogP contribution >= 0.6 is 31.9 Å². The Bertz CT molecular complexity index is 705. The van der Waals surface area contributed by atoms with Gasteiger partial charge in [0.15, 0.2) is 5.82 Å². The van der Waals surface area contributed by atoms with Crippen molar-refractivity contribution in [3.8, 4) is 16.9 Å². The van der Waals surface area contributed by atoms with Crippen LogP contribution in [-0.4, -0.2) is 14.8 Å². The molecule has 0 saturated carbocycles. The van der Waals surface area contributed by atoms with Crippen LogP contribution in [0.25, 0.3) is 16.9 Å². The third-order valence-corrected chi connectivity index (χ3v) is 3.87. The van der Waals surface area contributed by atoms with Gasteiger partial charge in [0.2, 0.25) is 0 Å². The quantitative estimate of drug-likeness (QED) is 0.659. The minimum absolute atomic E-state index is 0.793. The van der Waals surface area contributed by atoms with Crippen LogP contribution in [-0.2, 0) is 0 Å². The second kappa shape index (κ2) is 5.27. The molecule has 0 atom stereocenters. The van der Waals surface area contributed by atoms with E-state index in [9.17, 15) is 0 Å². The predicted octanol–water partition coefficient (Wildman–Crippen LogP) is 4.46. The summed E-state index contributed by atoms with van der Waals surface area (Å²) < 4.78 is 3.77. The monoisotopic (exact) mass is 377 g/mol. The number of benzene rings is 1. The fourth-order valence-corrected chi connectivity index (χ4v) is 2.53.